The molecule has 0 amide bonds. The van der Waals surface area contributed by atoms with E-state index in [9.17, 15) is 4.79 Å². The molecule has 0 fully saturated rings. The second-order valence-corrected chi connectivity index (χ2v) is 1.93. The molecular weight excluding hydrogens is 148 g/mol. The zero-order valence-corrected chi connectivity index (χ0v) is 6.50. The lowest BCUT2D eigenvalue weighted by atomic mass is 10.5. The summed E-state index contributed by atoms with van der Waals surface area (Å²) in [6.45, 7) is 3.78. The fraction of sp³-hybridized carbons (Fsp3) is 0.571. The maximum absolute atomic E-state index is 10.5. The lowest BCUT2D eigenvalue weighted by Gasteiger charge is -2.01. The van der Waals surface area contributed by atoms with Gasteiger partial charge in [0.25, 0.3) is 0 Å². The van der Waals surface area contributed by atoms with Crippen molar-refractivity contribution in [3.05, 3.63) is 12.3 Å². The Bertz CT molecular complexity index is 141. The highest BCUT2D eigenvalue weighted by molar-refractivity contribution is 5.84. The summed E-state index contributed by atoms with van der Waals surface area (Å²) in [5, 5.41) is 8.48. The van der Waals surface area contributed by atoms with E-state index < -0.39 is 11.7 Å². The minimum atomic E-state index is -0.777. The highest BCUT2D eigenvalue weighted by atomic mass is 16.5. The van der Waals surface area contributed by atoms with Gasteiger partial charge in [0.2, 0.25) is 0 Å². The van der Waals surface area contributed by atoms with Gasteiger partial charge in [0.1, 0.15) is 0 Å². The summed E-state index contributed by atoms with van der Waals surface area (Å²) >= 11 is 0. The van der Waals surface area contributed by atoms with E-state index in [0.717, 1.165) is 0 Å². The summed E-state index contributed by atoms with van der Waals surface area (Å²) in [6, 6.07) is 0. The van der Waals surface area contributed by atoms with E-state index in [4.69, 9.17) is 9.84 Å². The smallest absolute Gasteiger partial charge is 0.372 e. The first-order valence-electron chi connectivity index (χ1n) is 3.22. The van der Waals surface area contributed by atoms with Crippen LogP contribution in [0.25, 0.3) is 0 Å². The molecule has 1 N–H and O–H groups in total. The molecule has 0 bridgehead atoms. The van der Waals surface area contributed by atoms with Crippen molar-refractivity contribution in [1.82, 2.24) is 0 Å². The summed E-state index contributed by atoms with van der Waals surface area (Å²) in [5.74, 6) is -1.34. The summed E-state index contributed by atoms with van der Waals surface area (Å²) in [5.41, 5.74) is 0. The van der Waals surface area contributed by atoms with E-state index in [-0.39, 0.29) is 6.61 Å². The molecule has 0 rings (SSSR count). The Morgan fingerprint density at radius 1 is 1.55 bits per heavy atom. The summed E-state index contributed by atoms with van der Waals surface area (Å²) < 4.78 is 9.24. The van der Waals surface area contributed by atoms with Gasteiger partial charge >= 0.3 is 5.97 Å². The first-order valence-corrected chi connectivity index (χ1v) is 3.22. The molecule has 4 nitrogen and oxygen atoms in total. The Labute approximate surface area is 65.4 Å². The number of carbonyl (C=O) groups excluding carboxylic acids is 1. The SMILES string of the molecule is C=C(O)C(=O)OCCCOC. The average Bonchev–Trinajstić information content (AvgIpc) is 1.97. The number of aliphatic hydroxyl groups is 1. The monoisotopic (exact) mass is 160 g/mol. The Kier molecular flexibility index (Phi) is 5.20. The standard InChI is InChI=1S/C7H12O4/c1-6(8)7(9)11-5-3-4-10-2/h8H,1,3-5H2,2H3. The first kappa shape index (κ1) is 9.97. The molecule has 0 radical (unpaired) electrons. The van der Waals surface area contributed by atoms with Gasteiger partial charge in [-0.3, -0.25) is 0 Å². The molecule has 0 unspecified atom stereocenters. The van der Waals surface area contributed by atoms with Gasteiger partial charge in [0.05, 0.1) is 6.61 Å². The van der Waals surface area contributed by atoms with Crippen molar-refractivity contribution in [2.45, 2.75) is 6.42 Å². The van der Waals surface area contributed by atoms with Crippen LogP contribution in [0.3, 0.4) is 0 Å². The van der Waals surface area contributed by atoms with E-state index in [1.165, 1.54) is 0 Å². The summed E-state index contributed by atoms with van der Waals surface area (Å²) in [6.07, 6.45) is 0.621. The molecule has 0 aliphatic rings. The molecule has 0 atom stereocenters. The number of methoxy groups -OCH3 is 1. The number of rotatable bonds is 5. The number of hydrogen-bond acceptors (Lipinski definition) is 4. The highest BCUT2D eigenvalue weighted by Crippen LogP contribution is 1.90. The van der Waals surface area contributed by atoms with Gasteiger partial charge in [0, 0.05) is 20.1 Å². The minimum Gasteiger partial charge on any atom is -0.502 e. The van der Waals surface area contributed by atoms with Gasteiger partial charge in [-0.2, -0.15) is 0 Å². The number of esters is 1. The van der Waals surface area contributed by atoms with E-state index in [1.54, 1.807) is 7.11 Å². The Morgan fingerprint density at radius 3 is 2.64 bits per heavy atom. The predicted molar refractivity (Wildman–Crippen MR) is 39.2 cm³/mol. The van der Waals surface area contributed by atoms with Crippen LogP contribution in [0, 0.1) is 0 Å². The number of aliphatic hydroxyl groups excluding tert-OH is 1. The molecule has 0 saturated heterocycles. The van der Waals surface area contributed by atoms with Crippen LogP contribution in [-0.2, 0) is 14.3 Å². The third-order valence-corrected chi connectivity index (χ3v) is 0.962. The van der Waals surface area contributed by atoms with E-state index >= 15 is 0 Å². The van der Waals surface area contributed by atoms with Crippen LogP contribution < -0.4 is 0 Å². The second-order valence-electron chi connectivity index (χ2n) is 1.93. The molecule has 0 aromatic heterocycles. The molecule has 64 valence electrons. The van der Waals surface area contributed by atoms with Gasteiger partial charge < -0.3 is 14.6 Å². The van der Waals surface area contributed by atoms with E-state index in [0.29, 0.717) is 13.0 Å². The third kappa shape index (κ3) is 5.42. The van der Waals surface area contributed by atoms with Crippen LogP contribution in [0.1, 0.15) is 6.42 Å². The van der Waals surface area contributed by atoms with Gasteiger partial charge in [0.15, 0.2) is 5.76 Å². The zero-order valence-electron chi connectivity index (χ0n) is 6.50. The van der Waals surface area contributed by atoms with Crippen molar-refractivity contribution < 1.29 is 19.4 Å². The van der Waals surface area contributed by atoms with Crippen LogP contribution in [-0.4, -0.2) is 31.4 Å². The largest absolute Gasteiger partial charge is 0.502 e. The normalized spacial score (nSPS) is 9.18. The molecule has 11 heavy (non-hydrogen) atoms. The molecular formula is C7H12O4. The maximum atomic E-state index is 10.5. The minimum absolute atomic E-state index is 0.242. The summed E-state index contributed by atoms with van der Waals surface area (Å²) in [7, 11) is 1.56. The molecule has 0 aliphatic heterocycles. The molecule has 0 aliphatic carbocycles. The Balaban J connectivity index is 3.25. The third-order valence-electron chi connectivity index (χ3n) is 0.962. The fourth-order valence-electron chi connectivity index (χ4n) is 0.451. The number of carbonyl (C=O) groups is 1. The van der Waals surface area contributed by atoms with E-state index in [2.05, 4.69) is 11.3 Å². The van der Waals surface area contributed by atoms with Crippen LogP contribution in [0.15, 0.2) is 12.3 Å². The molecule has 4 heteroatoms. The van der Waals surface area contributed by atoms with Crippen molar-refractivity contribution in [3.63, 3.8) is 0 Å². The van der Waals surface area contributed by atoms with Gasteiger partial charge in [-0.25, -0.2) is 4.79 Å². The Hall–Kier alpha value is -1.03. The predicted octanol–water partition coefficient (Wildman–Crippen LogP) is 0.638. The van der Waals surface area contributed by atoms with Crippen molar-refractivity contribution in [2.24, 2.45) is 0 Å². The van der Waals surface area contributed by atoms with Crippen LogP contribution in [0.5, 0.6) is 0 Å². The molecule has 0 aromatic carbocycles. The highest BCUT2D eigenvalue weighted by Gasteiger charge is 2.04. The first-order chi connectivity index (χ1) is 5.18. The average molecular weight is 160 g/mol. The number of ether oxygens (including phenoxy) is 2. The van der Waals surface area contributed by atoms with Crippen LogP contribution in [0.2, 0.25) is 0 Å². The van der Waals surface area contributed by atoms with Crippen molar-refractivity contribution >= 4 is 5.97 Å². The Morgan fingerprint density at radius 2 is 2.18 bits per heavy atom. The van der Waals surface area contributed by atoms with Crippen molar-refractivity contribution in [3.8, 4) is 0 Å². The maximum Gasteiger partial charge on any atom is 0.372 e. The quantitative estimate of drug-likeness (QED) is 0.277. The lowest BCUT2D eigenvalue weighted by molar-refractivity contribution is -0.142. The summed E-state index contributed by atoms with van der Waals surface area (Å²) in [4.78, 5) is 10.5. The van der Waals surface area contributed by atoms with Crippen LogP contribution in [0.4, 0.5) is 0 Å². The van der Waals surface area contributed by atoms with E-state index in [1.807, 2.05) is 0 Å². The molecule has 0 spiro atoms. The second kappa shape index (κ2) is 5.73. The lowest BCUT2D eigenvalue weighted by Crippen LogP contribution is -2.08. The van der Waals surface area contributed by atoms with Gasteiger partial charge in [-0.1, -0.05) is 0 Å². The van der Waals surface area contributed by atoms with Gasteiger partial charge in [-0.15, -0.1) is 0 Å². The van der Waals surface area contributed by atoms with Crippen molar-refractivity contribution in [2.75, 3.05) is 20.3 Å². The van der Waals surface area contributed by atoms with Crippen molar-refractivity contribution in [1.29, 1.82) is 0 Å². The number of hydrogen-bond donors (Lipinski definition) is 1. The zero-order chi connectivity index (χ0) is 8.69. The molecule has 0 saturated carbocycles. The molecule has 0 aromatic rings. The topological polar surface area (TPSA) is 55.8 Å². The van der Waals surface area contributed by atoms with Crippen LogP contribution >= 0.6 is 0 Å². The molecule has 0 heterocycles. The fourth-order valence-corrected chi connectivity index (χ4v) is 0.451. The van der Waals surface area contributed by atoms with Gasteiger partial charge in [-0.05, 0) is 6.58 Å².